The van der Waals surface area contributed by atoms with Crippen molar-refractivity contribution in [2.75, 3.05) is 27.4 Å². The van der Waals surface area contributed by atoms with Gasteiger partial charge in [-0.1, -0.05) is 36.4 Å². The van der Waals surface area contributed by atoms with Crippen LogP contribution < -0.4 is 19.5 Å². The van der Waals surface area contributed by atoms with E-state index in [-0.39, 0.29) is 5.91 Å². The second kappa shape index (κ2) is 9.46. The molecule has 5 nitrogen and oxygen atoms in total. The van der Waals surface area contributed by atoms with Gasteiger partial charge in [-0.05, 0) is 46.7 Å². The normalized spacial score (nSPS) is 10.8. The third-order valence-corrected chi connectivity index (χ3v) is 4.23. The highest BCUT2D eigenvalue weighted by Crippen LogP contribution is 2.27. The zero-order chi connectivity index (χ0) is 19.8. The number of carbonyl (C=O) groups excluding carboxylic acids is 1. The summed E-state index contributed by atoms with van der Waals surface area (Å²) in [7, 11) is 3.16. The Hall–Kier alpha value is -3.47. The van der Waals surface area contributed by atoms with Gasteiger partial charge >= 0.3 is 0 Å². The van der Waals surface area contributed by atoms with Crippen LogP contribution in [0.4, 0.5) is 0 Å². The molecule has 3 aromatic carbocycles. The average molecular weight is 377 g/mol. The van der Waals surface area contributed by atoms with Crippen molar-refractivity contribution >= 4 is 22.8 Å². The van der Waals surface area contributed by atoms with E-state index in [1.807, 2.05) is 48.5 Å². The Bertz CT molecular complexity index is 981. The zero-order valence-corrected chi connectivity index (χ0v) is 16.0. The molecule has 3 aromatic rings. The maximum absolute atomic E-state index is 12.0. The molecule has 144 valence electrons. The van der Waals surface area contributed by atoms with Gasteiger partial charge < -0.3 is 19.5 Å². The molecule has 0 saturated heterocycles. The number of benzene rings is 3. The lowest BCUT2D eigenvalue weighted by atomic mass is 10.1. The van der Waals surface area contributed by atoms with E-state index < -0.39 is 0 Å². The lowest BCUT2D eigenvalue weighted by Gasteiger charge is -2.08. The molecule has 0 aromatic heterocycles. The van der Waals surface area contributed by atoms with Crippen molar-refractivity contribution in [1.29, 1.82) is 0 Å². The molecule has 1 amide bonds. The number of rotatable bonds is 8. The van der Waals surface area contributed by atoms with Crippen LogP contribution in [-0.2, 0) is 4.79 Å². The van der Waals surface area contributed by atoms with Gasteiger partial charge in [0.2, 0.25) is 5.91 Å². The summed E-state index contributed by atoms with van der Waals surface area (Å²) in [5, 5.41) is 5.10. The van der Waals surface area contributed by atoms with Gasteiger partial charge in [0.15, 0.2) is 11.5 Å². The first-order valence-electron chi connectivity index (χ1n) is 8.99. The lowest BCUT2D eigenvalue weighted by molar-refractivity contribution is -0.116. The summed E-state index contributed by atoms with van der Waals surface area (Å²) in [5.74, 6) is 1.87. The van der Waals surface area contributed by atoms with Crippen molar-refractivity contribution in [2.24, 2.45) is 0 Å². The van der Waals surface area contributed by atoms with Crippen LogP contribution in [0.25, 0.3) is 16.8 Å². The van der Waals surface area contributed by atoms with Crippen LogP contribution in [0.15, 0.2) is 66.7 Å². The predicted molar refractivity (Wildman–Crippen MR) is 111 cm³/mol. The standard InChI is InChI=1S/C23H23NO4/c1-26-21-11-7-17(15-22(21)27-2)8-12-23(25)24-13-14-28-20-10-9-18-5-3-4-6-19(18)16-20/h3-12,15-16H,13-14H2,1-2H3,(H,24,25)/b12-8+. The van der Waals surface area contributed by atoms with E-state index in [2.05, 4.69) is 11.4 Å². The Morgan fingerprint density at radius 3 is 2.50 bits per heavy atom. The number of hydrogen-bond donors (Lipinski definition) is 1. The SMILES string of the molecule is COc1ccc(/C=C/C(=O)NCCOc2ccc3ccccc3c2)cc1OC. The van der Waals surface area contributed by atoms with E-state index in [0.29, 0.717) is 24.7 Å². The molecule has 0 heterocycles. The van der Waals surface area contributed by atoms with Crippen LogP contribution in [0.5, 0.6) is 17.2 Å². The van der Waals surface area contributed by atoms with Crippen molar-refractivity contribution in [3.8, 4) is 17.2 Å². The minimum Gasteiger partial charge on any atom is -0.493 e. The summed E-state index contributed by atoms with van der Waals surface area (Å²) in [6.45, 7) is 0.816. The van der Waals surface area contributed by atoms with Gasteiger partial charge in [-0.15, -0.1) is 0 Å². The molecule has 0 spiro atoms. The van der Waals surface area contributed by atoms with Crippen LogP contribution in [0.3, 0.4) is 0 Å². The Labute approximate surface area is 164 Å². The van der Waals surface area contributed by atoms with Crippen molar-refractivity contribution in [3.63, 3.8) is 0 Å². The molecule has 0 unspecified atom stereocenters. The molecule has 0 fully saturated rings. The van der Waals surface area contributed by atoms with E-state index in [1.54, 1.807) is 26.4 Å². The molecule has 0 atom stereocenters. The Morgan fingerprint density at radius 2 is 1.71 bits per heavy atom. The first-order chi connectivity index (χ1) is 13.7. The van der Waals surface area contributed by atoms with Crippen LogP contribution in [0.2, 0.25) is 0 Å². The summed E-state index contributed by atoms with van der Waals surface area (Å²) < 4.78 is 16.2. The van der Waals surface area contributed by atoms with Crippen LogP contribution in [0, 0.1) is 0 Å². The molecule has 0 radical (unpaired) electrons. The van der Waals surface area contributed by atoms with Gasteiger partial charge in [0.05, 0.1) is 20.8 Å². The predicted octanol–water partition coefficient (Wildman–Crippen LogP) is 4.07. The monoisotopic (exact) mass is 377 g/mol. The van der Waals surface area contributed by atoms with Gasteiger partial charge in [0.1, 0.15) is 12.4 Å². The minimum absolute atomic E-state index is 0.183. The molecule has 0 saturated carbocycles. The van der Waals surface area contributed by atoms with Gasteiger partial charge in [0, 0.05) is 6.08 Å². The second-order valence-electron chi connectivity index (χ2n) is 6.10. The summed E-state index contributed by atoms with van der Waals surface area (Å²) in [4.78, 5) is 12.0. The van der Waals surface area contributed by atoms with E-state index in [0.717, 1.165) is 16.7 Å². The number of amides is 1. The highest BCUT2D eigenvalue weighted by Gasteiger charge is 2.03. The largest absolute Gasteiger partial charge is 0.493 e. The summed E-state index contributed by atoms with van der Waals surface area (Å²) in [5.41, 5.74) is 0.847. The first-order valence-corrected chi connectivity index (χ1v) is 8.99. The molecule has 0 bridgehead atoms. The third-order valence-electron chi connectivity index (χ3n) is 4.23. The van der Waals surface area contributed by atoms with Crippen LogP contribution in [-0.4, -0.2) is 33.3 Å². The molecule has 0 aliphatic rings. The van der Waals surface area contributed by atoms with Gasteiger partial charge in [0.25, 0.3) is 0 Å². The zero-order valence-electron chi connectivity index (χ0n) is 16.0. The topological polar surface area (TPSA) is 56.8 Å². The van der Waals surface area contributed by atoms with E-state index >= 15 is 0 Å². The molecular formula is C23H23NO4. The molecule has 28 heavy (non-hydrogen) atoms. The van der Waals surface area contributed by atoms with Gasteiger partial charge in [-0.25, -0.2) is 0 Å². The van der Waals surface area contributed by atoms with E-state index in [4.69, 9.17) is 14.2 Å². The number of carbonyl (C=O) groups is 1. The molecule has 0 aliphatic heterocycles. The maximum atomic E-state index is 12.0. The van der Waals surface area contributed by atoms with E-state index in [9.17, 15) is 4.79 Å². The number of nitrogens with one attached hydrogen (secondary N) is 1. The smallest absolute Gasteiger partial charge is 0.244 e. The molecule has 0 aliphatic carbocycles. The Morgan fingerprint density at radius 1 is 0.929 bits per heavy atom. The molecule has 1 N–H and O–H groups in total. The maximum Gasteiger partial charge on any atom is 0.244 e. The summed E-state index contributed by atoms with van der Waals surface area (Å²) in [6.07, 6.45) is 3.21. The lowest BCUT2D eigenvalue weighted by Crippen LogP contribution is -2.26. The van der Waals surface area contributed by atoms with Crippen molar-refractivity contribution < 1.29 is 19.0 Å². The molecule has 3 rings (SSSR count). The van der Waals surface area contributed by atoms with Crippen LogP contribution in [0.1, 0.15) is 5.56 Å². The van der Waals surface area contributed by atoms with E-state index in [1.165, 1.54) is 11.5 Å². The average Bonchev–Trinajstić information content (AvgIpc) is 2.74. The van der Waals surface area contributed by atoms with Crippen molar-refractivity contribution in [3.05, 3.63) is 72.3 Å². The fraction of sp³-hybridized carbons (Fsp3) is 0.174. The van der Waals surface area contributed by atoms with Crippen molar-refractivity contribution in [2.45, 2.75) is 0 Å². The second-order valence-corrected chi connectivity index (χ2v) is 6.10. The Balaban J connectivity index is 1.46. The van der Waals surface area contributed by atoms with Crippen LogP contribution >= 0.6 is 0 Å². The third kappa shape index (κ3) is 5.04. The number of fused-ring (bicyclic) bond motifs is 1. The number of ether oxygens (including phenoxy) is 3. The van der Waals surface area contributed by atoms with Gasteiger partial charge in [-0.3, -0.25) is 4.79 Å². The minimum atomic E-state index is -0.183. The quantitative estimate of drug-likeness (QED) is 0.475. The molecule has 5 heteroatoms. The Kier molecular flexibility index (Phi) is 6.52. The number of methoxy groups -OCH3 is 2. The summed E-state index contributed by atoms with van der Waals surface area (Å²) >= 11 is 0. The first kappa shape index (κ1) is 19.3. The highest BCUT2D eigenvalue weighted by atomic mass is 16.5. The fourth-order valence-electron chi connectivity index (χ4n) is 2.79. The fourth-order valence-corrected chi connectivity index (χ4v) is 2.79. The van der Waals surface area contributed by atoms with Crippen molar-refractivity contribution in [1.82, 2.24) is 5.32 Å². The highest BCUT2D eigenvalue weighted by molar-refractivity contribution is 5.91. The summed E-state index contributed by atoms with van der Waals surface area (Å²) in [6, 6.07) is 19.5. The molecular weight excluding hydrogens is 354 g/mol. The number of hydrogen-bond acceptors (Lipinski definition) is 4. The van der Waals surface area contributed by atoms with Gasteiger partial charge in [-0.2, -0.15) is 0 Å².